The summed E-state index contributed by atoms with van der Waals surface area (Å²) >= 11 is 0. The van der Waals surface area contributed by atoms with Crippen LogP contribution in [0.25, 0.3) is 0 Å². The molecule has 15 heavy (non-hydrogen) atoms. The van der Waals surface area contributed by atoms with Crippen LogP contribution in [0.3, 0.4) is 0 Å². The Bertz CT molecular complexity index is 522. The lowest BCUT2D eigenvalue weighted by atomic mass is 9.96. The van der Waals surface area contributed by atoms with E-state index in [1.54, 1.807) is 32.0 Å². The summed E-state index contributed by atoms with van der Waals surface area (Å²) in [7, 11) is -3.75. The van der Waals surface area contributed by atoms with Gasteiger partial charge in [-0.1, -0.05) is 18.2 Å². The summed E-state index contributed by atoms with van der Waals surface area (Å²) in [5, 5.41) is 2.60. The Labute approximate surface area is 87.7 Å². The van der Waals surface area contributed by atoms with Crippen LogP contribution in [0, 0.1) is 4.91 Å². The van der Waals surface area contributed by atoms with Crippen molar-refractivity contribution in [1.29, 1.82) is 0 Å². The number of benzene rings is 1. The Kier molecular flexibility index (Phi) is 1.88. The van der Waals surface area contributed by atoms with Crippen molar-refractivity contribution in [2.24, 2.45) is 5.29 Å². The molecule has 1 aromatic carbocycles. The van der Waals surface area contributed by atoms with Crippen molar-refractivity contribution < 1.29 is 8.42 Å². The van der Waals surface area contributed by atoms with Crippen molar-refractivity contribution in [3.05, 3.63) is 34.7 Å². The summed E-state index contributed by atoms with van der Waals surface area (Å²) in [6.45, 7) is 3.30. The fourth-order valence-corrected chi connectivity index (χ4v) is 3.66. The minimum Gasteiger partial charge on any atom is -0.199 e. The maximum Gasteiger partial charge on any atom is 0.282 e. The third kappa shape index (κ3) is 1.11. The Morgan fingerprint density at radius 1 is 1.27 bits per heavy atom. The Hall–Kier alpha value is -1.43. The maximum absolute atomic E-state index is 11.9. The lowest BCUT2D eigenvalue weighted by molar-refractivity contribution is 0.251. The van der Waals surface area contributed by atoms with Crippen molar-refractivity contribution in [2.45, 2.75) is 24.3 Å². The fourth-order valence-electron chi connectivity index (χ4n) is 1.84. The quantitative estimate of drug-likeness (QED) is 0.540. The van der Waals surface area contributed by atoms with E-state index in [4.69, 9.17) is 0 Å². The molecule has 6 heteroatoms. The highest BCUT2D eigenvalue weighted by atomic mass is 32.2. The second-order valence-electron chi connectivity index (χ2n) is 3.88. The Balaban J connectivity index is 2.83. The number of nitroso groups, excluding NO2 is 1. The molecule has 0 fully saturated rings. The summed E-state index contributed by atoms with van der Waals surface area (Å²) in [5.74, 6) is 0. The first kappa shape index (κ1) is 10.1. The van der Waals surface area contributed by atoms with E-state index in [0.29, 0.717) is 9.98 Å². The molecular formula is C9H10N2O3S. The van der Waals surface area contributed by atoms with Crippen molar-refractivity contribution in [3.63, 3.8) is 0 Å². The summed E-state index contributed by atoms with van der Waals surface area (Å²) in [4.78, 5) is 10.8. The Morgan fingerprint density at radius 2 is 1.87 bits per heavy atom. The van der Waals surface area contributed by atoms with Gasteiger partial charge in [-0.05, 0) is 19.9 Å². The highest BCUT2D eigenvalue weighted by molar-refractivity contribution is 7.89. The molecule has 0 saturated carbocycles. The normalized spacial score (nSPS) is 21.1. The Morgan fingerprint density at radius 3 is 2.40 bits per heavy atom. The van der Waals surface area contributed by atoms with Gasteiger partial charge in [-0.25, -0.2) is 0 Å². The van der Waals surface area contributed by atoms with Gasteiger partial charge in [0.05, 0.1) is 15.7 Å². The molecule has 0 spiro atoms. The van der Waals surface area contributed by atoms with Gasteiger partial charge in [-0.3, -0.25) is 0 Å². The van der Waals surface area contributed by atoms with E-state index in [1.807, 2.05) is 0 Å². The van der Waals surface area contributed by atoms with E-state index in [2.05, 4.69) is 5.29 Å². The standard InChI is InChI=1S/C9H10N2O3S/c1-9(2)7-5-3-4-6-8(7)15(13,14)11(9)10-12/h3-6H,1-2H3/i10+1. The fraction of sp³-hybridized carbons (Fsp3) is 0.333. The molecule has 0 bridgehead atoms. The largest absolute Gasteiger partial charge is 0.282 e. The van der Waals surface area contributed by atoms with Crippen LogP contribution in [0.2, 0.25) is 0 Å². The zero-order chi connectivity index (χ0) is 11.3. The zero-order valence-corrected chi connectivity index (χ0v) is 9.15. The van der Waals surface area contributed by atoms with Crippen molar-refractivity contribution in [3.8, 4) is 0 Å². The van der Waals surface area contributed by atoms with Gasteiger partial charge < -0.3 is 0 Å². The van der Waals surface area contributed by atoms with E-state index in [1.165, 1.54) is 6.07 Å². The summed E-state index contributed by atoms with van der Waals surface area (Å²) < 4.78 is 24.3. The highest BCUT2D eigenvalue weighted by Crippen LogP contribution is 2.43. The molecule has 0 radical (unpaired) electrons. The molecule has 0 unspecified atom stereocenters. The van der Waals surface area contributed by atoms with Crippen LogP contribution >= 0.6 is 0 Å². The van der Waals surface area contributed by atoms with E-state index in [-0.39, 0.29) is 4.90 Å². The molecule has 0 atom stereocenters. The molecule has 2 rings (SSSR count). The van der Waals surface area contributed by atoms with Gasteiger partial charge in [0.1, 0.15) is 0 Å². The third-order valence-corrected chi connectivity index (χ3v) is 4.49. The SMILES string of the molecule is CC1(C)c2ccccc2S(=O)(=O)N1[15N]=O. The van der Waals surface area contributed by atoms with Gasteiger partial charge in [0, 0.05) is 5.56 Å². The molecule has 1 aliphatic rings. The summed E-state index contributed by atoms with van der Waals surface area (Å²) in [6.07, 6.45) is 0. The zero-order valence-electron chi connectivity index (χ0n) is 8.34. The molecule has 5 nitrogen and oxygen atoms in total. The molecule has 80 valence electrons. The minimum atomic E-state index is -3.75. The topological polar surface area (TPSA) is 66.8 Å². The van der Waals surface area contributed by atoms with Gasteiger partial charge in [0.15, 0.2) is 0 Å². The van der Waals surface area contributed by atoms with Crippen LogP contribution < -0.4 is 0 Å². The van der Waals surface area contributed by atoms with Crippen LogP contribution in [0.1, 0.15) is 19.4 Å². The van der Waals surface area contributed by atoms with Crippen molar-refractivity contribution >= 4 is 10.0 Å². The van der Waals surface area contributed by atoms with Crippen molar-refractivity contribution in [2.75, 3.05) is 0 Å². The minimum absolute atomic E-state index is 0.162. The molecular weight excluding hydrogens is 217 g/mol. The number of sulfonamides is 1. The maximum atomic E-state index is 11.9. The molecule has 0 N–H and O–H groups in total. The van der Waals surface area contributed by atoms with Gasteiger partial charge >= 0.3 is 0 Å². The van der Waals surface area contributed by atoms with Crippen LogP contribution in [0.4, 0.5) is 0 Å². The monoisotopic (exact) mass is 227 g/mol. The van der Waals surface area contributed by atoms with Crippen LogP contribution in [-0.2, 0) is 15.6 Å². The highest BCUT2D eigenvalue weighted by Gasteiger charge is 2.48. The van der Waals surface area contributed by atoms with Crippen LogP contribution in [0.5, 0.6) is 0 Å². The van der Waals surface area contributed by atoms with Gasteiger partial charge in [-0.15, -0.1) is 9.32 Å². The smallest absolute Gasteiger partial charge is 0.199 e. The average molecular weight is 227 g/mol. The second-order valence-corrected chi connectivity index (χ2v) is 5.62. The first-order valence-electron chi connectivity index (χ1n) is 4.40. The number of hydrogen-bond acceptors (Lipinski definition) is 4. The predicted octanol–water partition coefficient (Wildman–Crippen LogP) is 1.61. The molecule has 0 aromatic heterocycles. The van der Waals surface area contributed by atoms with Gasteiger partial charge in [0.2, 0.25) is 0 Å². The molecule has 1 aliphatic heterocycles. The van der Waals surface area contributed by atoms with Gasteiger partial charge in [-0.2, -0.15) is 8.42 Å². The molecule has 1 heterocycles. The van der Waals surface area contributed by atoms with Crippen molar-refractivity contribution in [1.82, 2.24) is 4.41 Å². The number of fused-ring (bicyclic) bond motifs is 1. The summed E-state index contributed by atoms with van der Waals surface area (Å²) in [6, 6.07) is 6.54. The second kappa shape index (κ2) is 2.79. The number of rotatable bonds is 1. The van der Waals surface area contributed by atoms with Crippen LogP contribution in [0.15, 0.2) is 34.4 Å². The average Bonchev–Trinajstić information content (AvgIpc) is 2.32. The number of hydrogen-bond donors (Lipinski definition) is 0. The van der Waals surface area contributed by atoms with Gasteiger partial charge in [0.25, 0.3) is 10.0 Å². The van der Waals surface area contributed by atoms with E-state index < -0.39 is 15.6 Å². The molecule has 0 aliphatic carbocycles. The predicted molar refractivity (Wildman–Crippen MR) is 54.3 cm³/mol. The lowest BCUT2D eigenvalue weighted by Crippen LogP contribution is -2.34. The first-order chi connectivity index (χ1) is 6.92. The van der Waals surface area contributed by atoms with E-state index >= 15 is 0 Å². The van der Waals surface area contributed by atoms with E-state index in [9.17, 15) is 13.3 Å². The molecule has 1 aromatic rings. The lowest BCUT2D eigenvalue weighted by Gasteiger charge is -2.24. The summed E-state index contributed by atoms with van der Waals surface area (Å²) in [5.41, 5.74) is -0.304. The third-order valence-electron chi connectivity index (χ3n) is 2.60. The van der Waals surface area contributed by atoms with E-state index in [0.717, 1.165) is 0 Å². The molecule has 0 saturated heterocycles. The first-order valence-corrected chi connectivity index (χ1v) is 5.84. The molecule has 0 amide bonds. The number of nitrogens with zero attached hydrogens (tertiary/aromatic N) is 2. The van der Waals surface area contributed by atoms with Crippen LogP contribution in [-0.4, -0.2) is 12.8 Å².